The molecule has 0 aromatic carbocycles. The highest BCUT2D eigenvalue weighted by Crippen LogP contribution is 2.10. The predicted octanol–water partition coefficient (Wildman–Crippen LogP) is -0.0370. The van der Waals surface area contributed by atoms with Crippen LogP contribution in [-0.4, -0.2) is 27.1 Å². The van der Waals surface area contributed by atoms with Crippen molar-refractivity contribution in [2.75, 3.05) is 0 Å². The van der Waals surface area contributed by atoms with Crippen LogP contribution in [0, 0.1) is 0 Å². The minimum atomic E-state index is -1.61. The average Bonchev–Trinajstić information content (AvgIpc) is 2.16. The van der Waals surface area contributed by atoms with Crippen molar-refractivity contribution in [3.8, 4) is 0 Å². The minimum Gasteiger partial charge on any atom is -0.423 e. The number of pyridine rings is 2. The summed E-state index contributed by atoms with van der Waals surface area (Å²) in [5.74, 6) is 0. The molecule has 2 rings (SSSR count). The Balaban J connectivity index is 2.71. The zero-order chi connectivity index (χ0) is 10.1. The van der Waals surface area contributed by atoms with Gasteiger partial charge in [0, 0.05) is 17.0 Å². The number of hydrogen-bond acceptors (Lipinski definition) is 4. The molecule has 0 aliphatic rings. The van der Waals surface area contributed by atoms with Crippen LogP contribution in [0.3, 0.4) is 0 Å². The Bertz CT molecular complexity index is 478. The smallest absolute Gasteiger partial charge is 0.423 e. The van der Waals surface area contributed by atoms with Crippen LogP contribution in [0.1, 0.15) is 0 Å². The third kappa shape index (κ3) is 1.57. The molecule has 0 radical (unpaired) electrons. The van der Waals surface area contributed by atoms with Gasteiger partial charge in [0.15, 0.2) is 5.65 Å². The molecule has 0 fully saturated rings. The van der Waals surface area contributed by atoms with Gasteiger partial charge in [-0.2, -0.15) is 0 Å². The van der Waals surface area contributed by atoms with E-state index in [1.165, 1.54) is 0 Å². The van der Waals surface area contributed by atoms with Crippen molar-refractivity contribution >= 4 is 35.2 Å². The zero-order valence-corrected chi connectivity index (χ0v) is 7.81. The fourth-order valence-corrected chi connectivity index (χ4v) is 1.41. The van der Waals surface area contributed by atoms with Gasteiger partial charge in [-0.1, -0.05) is 11.6 Å². The predicted molar refractivity (Wildman–Crippen MR) is 54.4 cm³/mol. The molecule has 70 valence electrons. The summed E-state index contributed by atoms with van der Waals surface area (Å²) in [5.41, 5.74) is 0.675. The Morgan fingerprint density at radius 1 is 1.36 bits per heavy atom. The maximum absolute atomic E-state index is 8.97. The van der Waals surface area contributed by atoms with E-state index in [1.54, 1.807) is 24.4 Å². The molecule has 2 N–H and O–H groups in total. The van der Waals surface area contributed by atoms with Gasteiger partial charge in [-0.15, -0.1) is 0 Å². The summed E-state index contributed by atoms with van der Waals surface area (Å²) in [6.07, 6.45) is 1.60. The lowest BCUT2D eigenvalue weighted by molar-refractivity contribution is 0.425. The largest absolute Gasteiger partial charge is 0.491 e. The Labute approximate surface area is 85.3 Å². The molecule has 0 atom stereocenters. The van der Waals surface area contributed by atoms with Crippen LogP contribution in [0.4, 0.5) is 0 Å². The first-order chi connectivity index (χ1) is 6.68. The van der Waals surface area contributed by atoms with E-state index in [9.17, 15) is 0 Å². The van der Waals surface area contributed by atoms with Gasteiger partial charge in [0.2, 0.25) is 0 Å². The third-order valence-corrected chi connectivity index (χ3v) is 2.15. The van der Waals surface area contributed by atoms with E-state index in [0.717, 1.165) is 5.39 Å². The summed E-state index contributed by atoms with van der Waals surface area (Å²) in [5, 5.41) is 18.7. The molecule has 0 spiro atoms. The Hall–Kier alpha value is -1.17. The van der Waals surface area contributed by atoms with Gasteiger partial charge in [0.05, 0.1) is 0 Å². The molecule has 0 aliphatic carbocycles. The Kier molecular flexibility index (Phi) is 2.37. The zero-order valence-electron chi connectivity index (χ0n) is 7.05. The average molecular weight is 208 g/mol. The van der Waals surface area contributed by atoms with E-state index in [1.807, 2.05) is 0 Å². The number of nitrogens with zero attached hydrogens (tertiary/aromatic N) is 2. The van der Waals surface area contributed by atoms with Crippen LogP contribution < -0.4 is 5.46 Å². The summed E-state index contributed by atoms with van der Waals surface area (Å²) in [4.78, 5) is 7.91. The molecular formula is C8H6BClN2O2. The molecule has 6 heteroatoms. The summed E-state index contributed by atoms with van der Waals surface area (Å²) >= 11 is 5.73. The summed E-state index contributed by atoms with van der Waals surface area (Å²) < 4.78 is 0. The number of aromatic nitrogens is 2. The van der Waals surface area contributed by atoms with E-state index in [-0.39, 0.29) is 10.6 Å². The van der Waals surface area contributed by atoms with Crippen LogP contribution in [-0.2, 0) is 0 Å². The summed E-state index contributed by atoms with van der Waals surface area (Å²) in [6.45, 7) is 0. The Morgan fingerprint density at radius 2 is 2.14 bits per heavy atom. The molecule has 2 aromatic heterocycles. The monoisotopic (exact) mass is 208 g/mol. The fourth-order valence-electron chi connectivity index (χ4n) is 1.18. The summed E-state index contributed by atoms with van der Waals surface area (Å²) in [6, 6.07) is 5.07. The molecule has 0 unspecified atom stereocenters. The van der Waals surface area contributed by atoms with Crippen LogP contribution in [0.2, 0.25) is 5.15 Å². The molecule has 0 saturated carbocycles. The number of halogens is 1. The SMILES string of the molecule is OB(O)c1cc2cccnc2nc1Cl. The lowest BCUT2D eigenvalue weighted by Crippen LogP contribution is -2.31. The lowest BCUT2D eigenvalue weighted by Gasteiger charge is -2.03. The Morgan fingerprint density at radius 3 is 2.86 bits per heavy atom. The van der Waals surface area contributed by atoms with Crippen LogP contribution >= 0.6 is 11.6 Å². The molecule has 2 heterocycles. The molecule has 0 bridgehead atoms. The van der Waals surface area contributed by atoms with Gasteiger partial charge in [0.25, 0.3) is 0 Å². The number of rotatable bonds is 1. The molecule has 0 aliphatic heterocycles. The van der Waals surface area contributed by atoms with Gasteiger partial charge in [-0.3, -0.25) is 0 Å². The van der Waals surface area contributed by atoms with Crippen molar-refractivity contribution in [2.45, 2.75) is 0 Å². The van der Waals surface area contributed by atoms with E-state index in [2.05, 4.69) is 9.97 Å². The standard InChI is InChI=1S/C8H6BClN2O2/c10-7-6(9(13)14)4-5-2-1-3-11-8(5)12-7/h1-4,13-14H. The maximum atomic E-state index is 8.97. The van der Waals surface area contributed by atoms with Crippen molar-refractivity contribution in [3.63, 3.8) is 0 Å². The van der Waals surface area contributed by atoms with E-state index in [0.29, 0.717) is 5.65 Å². The van der Waals surface area contributed by atoms with Gasteiger partial charge in [0.1, 0.15) is 5.15 Å². The van der Waals surface area contributed by atoms with Crippen LogP contribution in [0.15, 0.2) is 24.4 Å². The van der Waals surface area contributed by atoms with Crippen LogP contribution in [0.25, 0.3) is 11.0 Å². The molecule has 14 heavy (non-hydrogen) atoms. The van der Waals surface area contributed by atoms with Crippen molar-refractivity contribution < 1.29 is 10.0 Å². The molecular weight excluding hydrogens is 202 g/mol. The van der Waals surface area contributed by atoms with Crippen LogP contribution in [0.5, 0.6) is 0 Å². The highest BCUT2D eigenvalue weighted by Gasteiger charge is 2.17. The van der Waals surface area contributed by atoms with Crippen molar-refractivity contribution in [2.24, 2.45) is 0 Å². The summed E-state index contributed by atoms with van der Waals surface area (Å²) in [7, 11) is -1.61. The first kappa shape index (κ1) is 9.39. The normalized spacial score (nSPS) is 10.5. The van der Waals surface area contributed by atoms with Crippen molar-refractivity contribution in [1.29, 1.82) is 0 Å². The second kappa shape index (κ2) is 3.53. The highest BCUT2D eigenvalue weighted by molar-refractivity contribution is 6.62. The second-order valence-electron chi connectivity index (χ2n) is 2.79. The fraction of sp³-hybridized carbons (Fsp3) is 0. The van der Waals surface area contributed by atoms with Crippen molar-refractivity contribution in [3.05, 3.63) is 29.5 Å². The van der Waals surface area contributed by atoms with Crippen molar-refractivity contribution in [1.82, 2.24) is 9.97 Å². The molecule has 0 amide bonds. The maximum Gasteiger partial charge on any atom is 0.491 e. The topological polar surface area (TPSA) is 66.2 Å². The third-order valence-electron chi connectivity index (χ3n) is 1.85. The second-order valence-corrected chi connectivity index (χ2v) is 3.15. The van der Waals surface area contributed by atoms with E-state index in [4.69, 9.17) is 21.6 Å². The van der Waals surface area contributed by atoms with E-state index >= 15 is 0 Å². The van der Waals surface area contributed by atoms with E-state index < -0.39 is 7.12 Å². The first-order valence-corrected chi connectivity index (χ1v) is 4.33. The highest BCUT2D eigenvalue weighted by atomic mass is 35.5. The minimum absolute atomic E-state index is 0.0613. The number of hydrogen-bond donors (Lipinski definition) is 2. The molecule has 2 aromatic rings. The quantitative estimate of drug-likeness (QED) is 0.510. The number of fused-ring (bicyclic) bond motifs is 1. The van der Waals surface area contributed by atoms with Gasteiger partial charge in [-0.05, 0) is 18.2 Å². The first-order valence-electron chi connectivity index (χ1n) is 3.96. The van der Waals surface area contributed by atoms with Gasteiger partial charge >= 0.3 is 7.12 Å². The molecule has 0 saturated heterocycles. The van der Waals surface area contributed by atoms with Gasteiger partial charge < -0.3 is 10.0 Å². The van der Waals surface area contributed by atoms with Gasteiger partial charge in [-0.25, -0.2) is 9.97 Å². The lowest BCUT2D eigenvalue weighted by atomic mass is 9.81. The molecule has 4 nitrogen and oxygen atoms in total.